The predicted octanol–water partition coefficient (Wildman–Crippen LogP) is 5.10. The molecule has 0 bridgehead atoms. The first-order valence-corrected chi connectivity index (χ1v) is 7.68. The van der Waals surface area contributed by atoms with Crippen molar-refractivity contribution in [3.05, 3.63) is 69.7 Å². The Balaban J connectivity index is 2.00. The Bertz CT molecular complexity index is 624. The number of benzene rings is 2. The maximum Gasteiger partial charge on any atom is 0.339 e. The van der Waals surface area contributed by atoms with Crippen LogP contribution in [-0.2, 0) is 16.8 Å². The summed E-state index contributed by atoms with van der Waals surface area (Å²) in [5, 5.41) is 0. The van der Waals surface area contributed by atoms with Crippen molar-refractivity contribution in [3.8, 4) is 0 Å². The molecule has 0 aliphatic heterocycles. The first-order valence-electron chi connectivity index (χ1n) is 6.89. The lowest BCUT2D eigenvalue weighted by Gasteiger charge is -2.19. The molecule has 0 saturated heterocycles. The summed E-state index contributed by atoms with van der Waals surface area (Å²) in [5.41, 5.74) is 2.93. The second-order valence-electron chi connectivity index (χ2n) is 6.00. The summed E-state index contributed by atoms with van der Waals surface area (Å²) in [6, 6.07) is 15.4. The van der Waals surface area contributed by atoms with E-state index >= 15 is 0 Å². The Morgan fingerprint density at radius 2 is 1.67 bits per heavy atom. The third kappa shape index (κ3) is 4.18. The van der Waals surface area contributed by atoms with E-state index in [1.165, 1.54) is 5.56 Å². The van der Waals surface area contributed by atoms with Crippen LogP contribution >= 0.6 is 15.9 Å². The Morgan fingerprint density at radius 1 is 1.05 bits per heavy atom. The van der Waals surface area contributed by atoms with Gasteiger partial charge in [-0.25, -0.2) is 4.79 Å². The molecular weight excluding hydrogens is 328 g/mol. The van der Waals surface area contributed by atoms with Gasteiger partial charge in [-0.15, -0.1) is 0 Å². The first-order chi connectivity index (χ1) is 9.88. The van der Waals surface area contributed by atoms with Gasteiger partial charge in [-0.2, -0.15) is 0 Å². The molecule has 3 heteroatoms. The zero-order valence-corrected chi connectivity index (χ0v) is 14.1. The minimum atomic E-state index is -0.317. The fourth-order valence-electron chi connectivity index (χ4n) is 1.95. The third-order valence-corrected chi connectivity index (χ3v) is 3.98. The Labute approximate surface area is 134 Å². The van der Waals surface area contributed by atoms with Gasteiger partial charge in [0.2, 0.25) is 0 Å². The van der Waals surface area contributed by atoms with E-state index in [4.69, 9.17) is 4.74 Å². The maximum atomic E-state index is 12.0. The number of esters is 1. The van der Waals surface area contributed by atoms with Gasteiger partial charge in [0.25, 0.3) is 0 Å². The largest absolute Gasteiger partial charge is 0.457 e. The third-order valence-electron chi connectivity index (χ3n) is 3.28. The molecule has 2 aromatic carbocycles. The number of rotatable bonds is 3. The van der Waals surface area contributed by atoms with Crippen LogP contribution in [-0.4, -0.2) is 5.97 Å². The van der Waals surface area contributed by atoms with Crippen molar-refractivity contribution in [2.24, 2.45) is 0 Å². The van der Waals surface area contributed by atoms with Crippen LogP contribution in [0.1, 0.15) is 42.3 Å². The molecule has 0 spiro atoms. The smallest absolute Gasteiger partial charge is 0.339 e. The van der Waals surface area contributed by atoms with E-state index in [0.717, 1.165) is 10.0 Å². The van der Waals surface area contributed by atoms with Gasteiger partial charge >= 0.3 is 5.97 Å². The van der Waals surface area contributed by atoms with E-state index in [2.05, 4.69) is 48.8 Å². The van der Waals surface area contributed by atoms with E-state index in [-0.39, 0.29) is 18.0 Å². The molecule has 2 rings (SSSR count). The maximum absolute atomic E-state index is 12.0. The second-order valence-corrected chi connectivity index (χ2v) is 6.86. The van der Waals surface area contributed by atoms with Crippen molar-refractivity contribution >= 4 is 21.9 Å². The van der Waals surface area contributed by atoms with Crippen LogP contribution < -0.4 is 0 Å². The number of halogens is 1. The minimum Gasteiger partial charge on any atom is -0.457 e. The molecule has 0 unspecified atom stereocenters. The molecule has 0 aromatic heterocycles. The van der Waals surface area contributed by atoms with Crippen molar-refractivity contribution in [1.29, 1.82) is 0 Å². The monoisotopic (exact) mass is 346 g/mol. The quantitative estimate of drug-likeness (QED) is 0.722. The summed E-state index contributed by atoms with van der Waals surface area (Å²) in [7, 11) is 0. The van der Waals surface area contributed by atoms with Gasteiger partial charge in [0.1, 0.15) is 6.61 Å². The van der Waals surface area contributed by atoms with E-state index in [1.54, 1.807) is 6.07 Å². The molecule has 0 N–H and O–H groups in total. The molecule has 21 heavy (non-hydrogen) atoms. The molecule has 2 aromatic rings. The SMILES string of the molecule is CC(C)(C)c1ccc(COC(=O)c2ccccc2Br)cc1. The minimum absolute atomic E-state index is 0.129. The van der Waals surface area contributed by atoms with E-state index in [9.17, 15) is 4.79 Å². The summed E-state index contributed by atoms with van der Waals surface area (Å²) in [6.07, 6.45) is 0. The molecule has 0 saturated carbocycles. The van der Waals surface area contributed by atoms with Crippen LogP contribution in [0.5, 0.6) is 0 Å². The molecule has 2 nitrogen and oxygen atoms in total. The summed E-state index contributed by atoms with van der Waals surface area (Å²) < 4.78 is 6.10. The molecule has 0 aliphatic rings. The van der Waals surface area contributed by atoms with Gasteiger partial charge in [-0.05, 0) is 44.6 Å². The van der Waals surface area contributed by atoms with E-state index in [1.807, 2.05) is 30.3 Å². The number of carbonyl (C=O) groups excluding carboxylic acids is 1. The zero-order chi connectivity index (χ0) is 15.5. The lowest BCUT2D eigenvalue weighted by Crippen LogP contribution is -2.11. The molecule has 0 heterocycles. The number of hydrogen-bond donors (Lipinski definition) is 0. The highest BCUT2D eigenvalue weighted by Crippen LogP contribution is 2.22. The van der Waals surface area contributed by atoms with Gasteiger partial charge in [-0.1, -0.05) is 57.2 Å². The predicted molar refractivity (Wildman–Crippen MR) is 88.4 cm³/mol. The number of carbonyl (C=O) groups is 1. The summed E-state index contributed by atoms with van der Waals surface area (Å²) in [6.45, 7) is 6.81. The summed E-state index contributed by atoms with van der Waals surface area (Å²) in [5.74, 6) is -0.317. The van der Waals surface area contributed by atoms with Gasteiger partial charge in [0.15, 0.2) is 0 Å². The first kappa shape index (κ1) is 15.8. The normalized spacial score (nSPS) is 11.2. The highest BCUT2D eigenvalue weighted by atomic mass is 79.9. The fourth-order valence-corrected chi connectivity index (χ4v) is 2.40. The van der Waals surface area contributed by atoms with Crippen LogP contribution in [0.4, 0.5) is 0 Å². The number of hydrogen-bond acceptors (Lipinski definition) is 2. The van der Waals surface area contributed by atoms with Gasteiger partial charge < -0.3 is 4.74 Å². The standard InChI is InChI=1S/C18H19BrO2/c1-18(2,3)14-10-8-13(9-11-14)12-21-17(20)15-6-4-5-7-16(15)19/h4-11H,12H2,1-3H3. The van der Waals surface area contributed by atoms with Crippen LogP contribution in [0.2, 0.25) is 0 Å². The van der Waals surface area contributed by atoms with Crippen LogP contribution in [0.25, 0.3) is 0 Å². The van der Waals surface area contributed by atoms with Crippen LogP contribution in [0, 0.1) is 0 Å². The van der Waals surface area contributed by atoms with Crippen molar-refractivity contribution in [3.63, 3.8) is 0 Å². The molecule has 110 valence electrons. The highest BCUT2D eigenvalue weighted by Gasteiger charge is 2.14. The molecule has 0 amide bonds. The molecule has 0 atom stereocenters. The van der Waals surface area contributed by atoms with Crippen LogP contribution in [0.15, 0.2) is 53.0 Å². The van der Waals surface area contributed by atoms with Crippen molar-refractivity contribution in [1.82, 2.24) is 0 Å². The van der Waals surface area contributed by atoms with Crippen molar-refractivity contribution in [2.45, 2.75) is 32.8 Å². The average Bonchev–Trinajstić information content (AvgIpc) is 2.45. The summed E-state index contributed by atoms with van der Waals surface area (Å²) in [4.78, 5) is 12.0. The Kier molecular flexibility index (Phi) is 4.84. The van der Waals surface area contributed by atoms with Gasteiger partial charge in [0, 0.05) is 4.47 Å². The second kappa shape index (κ2) is 6.44. The summed E-state index contributed by atoms with van der Waals surface area (Å²) >= 11 is 3.35. The molecular formula is C18H19BrO2. The fraction of sp³-hybridized carbons (Fsp3) is 0.278. The van der Waals surface area contributed by atoms with Crippen molar-refractivity contribution < 1.29 is 9.53 Å². The highest BCUT2D eigenvalue weighted by molar-refractivity contribution is 9.10. The lowest BCUT2D eigenvalue weighted by atomic mass is 9.87. The molecule has 0 fully saturated rings. The Hall–Kier alpha value is -1.61. The van der Waals surface area contributed by atoms with E-state index < -0.39 is 0 Å². The number of ether oxygens (including phenoxy) is 1. The average molecular weight is 347 g/mol. The van der Waals surface area contributed by atoms with Gasteiger partial charge in [0.05, 0.1) is 5.56 Å². The lowest BCUT2D eigenvalue weighted by molar-refractivity contribution is 0.0471. The zero-order valence-electron chi connectivity index (χ0n) is 12.5. The topological polar surface area (TPSA) is 26.3 Å². The Morgan fingerprint density at radius 3 is 2.24 bits per heavy atom. The molecule has 0 aliphatic carbocycles. The van der Waals surface area contributed by atoms with Crippen molar-refractivity contribution in [2.75, 3.05) is 0 Å². The van der Waals surface area contributed by atoms with Gasteiger partial charge in [-0.3, -0.25) is 0 Å². The van der Waals surface area contributed by atoms with E-state index in [0.29, 0.717) is 5.56 Å². The molecule has 0 radical (unpaired) electrons. The van der Waals surface area contributed by atoms with Crippen LogP contribution in [0.3, 0.4) is 0 Å².